The molecule has 0 bridgehead atoms. The van der Waals surface area contributed by atoms with Crippen LogP contribution in [-0.4, -0.2) is 15.2 Å². The second-order valence-electron chi connectivity index (χ2n) is 3.19. The van der Waals surface area contributed by atoms with Gasteiger partial charge in [0.2, 0.25) is 0 Å². The van der Waals surface area contributed by atoms with Crippen LogP contribution < -0.4 is 0 Å². The summed E-state index contributed by atoms with van der Waals surface area (Å²) in [4.78, 5) is 4.16. The lowest BCUT2D eigenvalue weighted by Crippen LogP contribution is -1.91. The first kappa shape index (κ1) is 9.68. The Bertz CT molecular complexity index is 454. The molecular formula is C12H11NO2. The maximum Gasteiger partial charge on any atom is 0.141 e. The van der Waals surface area contributed by atoms with Crippen LogP contribution in [0.2, 0.25) is 0 Å². The SMILES string of the molecule is OCc1ccc(O)c(-c2ccccc2)n1. The molecule has 2 N–H and O–H groups in total. The lowest BCUT2D eigenvalue weighted by atomic mass is 10.1. The Hall–Kier alpha value is -1.87. The number of hydrogen-bond acceptors (Lipinski definition) is 3. The molecular weight excluding hydrogens is 190 g/mol. The minimum atomic E-state index is -0.125. The van der Waals surface area contributed by atoms with E-state index in [4.69, 9.17) is 5.11 Å². The number of aromatic nitrogens is 1. The van der Waals surface area contributed by atoms with Crippen molar-refractivity contribution in [2.24, 2.45) is 0 Å². The van der Waals surface area contributed by atoms with Gasteiger partial charge >= 0.3 is 0 Å². The average molecular weight is 201 g/mol. The molecule has 3 nitrogen and oxygen atoms in total. The summed E-state index contributed by atoms with van der Waals surface area (Å²) >= 11 is 0. The van der Waals surface area contributed by atoms with E-state index in [0.29, 0.717) is 11.4 Å². The van der Waals surface area contributed by atoms with Gasteiger partial charge < -0.3 is 10.2 Å². The van der Waals surface area contributed by atoms with Crippen LogP contribution in [0.15, 0.2) is 42.5 Å². The largest absolute Gasteiger partial charge is 0.506 e. The van der Waals surface area contributed by atoms with E-state index in [-0.39, 0.29) is 12.4 Å². The Morgan fingerprint density at radius 1 is 1.00 bits per heavy atom. The van der Waals surface area contributed by atoms with E-state index in [9.17, 15) is 5.11 Å². The van der Waals surface area contributed by atoms with Crippen LogP contribution in [0.25, 0.3) is 11.3 Å². The van der Waals surface area contributed by atoms with Gasteiger partial charge in [0, 0.05) is 5.56 Å². The maximum absolute atomic E-state index is 9.64. The number of nitrogens with zero attached hydrogens (tertiary/aromatic N) is 1. The van der Waals surface area contributed by atoms with Gasteiger partial charge in [0.25, 0.3) is 0 Å². The fourth-order valence-corrected chi connectivity index (χ4v) is 1.39. The van der Waals surface area contributed by atoms with Gasteiger partial charge in [-0.25, -0.2) is 4.98 Å². The molecule has 76 valence electrons. The van der Waals surface area contributed by atoms with E-state index >= 15 is 0 Å². The van der Waals surface area contributed by atoms with Crippen LogP contribution in [0.1, 0.15) is 5.69 Å². The topological polar surface area (TPSA) is 53.4 Å². The van der Waals surface area contributed by atoms with Crippen molar-refractivity contribution in [2.45, 2.75) is 6.61 Å². The smallest absolute Gasteiger partial charge is 0.141 e. The predicted octanol–water partition coefficient (Wildman–Crippen LogP) is 1.95. The number of pyridine rings is 1. The molecule has 3 heteroatoms. The molecule has 15 heavy (non-hydrogen) atoms. The number of aliphatic hydroxyl groups is 1. The first-order chi connectivity index (χ1) is 7.31. The molecule has 1 aromatic carbocycles. The first-order valence-electron chi connectivity index (χ1n) is 4.66. The van der Waals surface area contributed by atoms with Gasteiger partial charge in [-0.1, -0.05) is 30.3 Å². The average Bonchev–Trinajstić information content (AvgIpc) is 2.31. The highest BCUT2D eigenvalue weighted by Gasteiger charge is 2.06. The van der Waals surface area contributed by atoms with Crippen LogP contribution in [0.4, 0.5) is 0 Å². The van der Waals surface area contributed by atoms with Crippen LogP contribution in [0.5, 0.6) is 5.75 Å². The summed E-state index contributed by atoms with van der Waals surface area (Å²) in [5.74, 6) is 0.124. The zero-order chi connectivity index (χ0) is 10.7. The lowest BCUT2D eigenvalue weighted by molar-refractivity contribution is 0.276. The quantitative estimate of drug-likeness (QED) is 0.780. The van der Waals surface area contributed by atoms with E-state index in [1.54, 1.807) is 12.1 Å². The number of aliphatic hydroxyl groups excluding tert-OH is 1. The highest BCUT2D eigenvalue weighted by molar-refractivity contribution is 5.65. The van der Waals surface area contributed by atoms with E-state index in [0.717, 1.165) is 5.56 Å². The molecule has 0 aliphatic rings. The number of aromatic hydroxyl groups is 1. The van der Waals surface area contributed by atoms with E-state index in [1.165, 1.54) is 0 Å². The van der Waals surface area contributed by atoms with Gasteiger partial charge in [-0.3, -0.25) is 0 Å². The first-order valence-corrected chi connectivity index (χ1v) is 4.66. The Morgan fingerprint density at radius 3 is 2.40 bits per heavy atom. The van der Waals surface area contributed by atoms with Crippen molar-refractivity contribution in [1.82, 2.24) is 4.98 Å². The Kier molecular flexibility index (Phi) is 2.65. The molecule has 0 aliphatic heterocycles. The van der Waals surface area contributed by atoms with Crippen molar-refractivity contribution < 1.29 is 10.2 Å². The van der Waals surface area contributed by atoms with Gasteiger partial charge in [0.1, 0.15) is 11.4 Å². The van der Waals surface area contributed by atoms with Crippen molar-refractivity contribution in [3.8, 4) is 17.0 Å². The molecule has 0 fully saturated rings. The van der Waals surface area contributed by atoms with Crippen LogP contribution in [0, 0.1) is 0 Å². The Balaban J connectivity index is 2.52. The molecule has 2 aromatic rings. The standard InChI is InChI=1S/C12H11NO2/c14-8-10-6-7-11(15)12(13-10)9-4-2-1-3-5-9/h1-7,14-15H,8H2. The molecule has 0 aliphatic carbocycles. The van der Waals surface area contributed by atoms with Crippen molar-refractivity contribution >= 4 is 0 Å². The van der Waals surface area contributed by atoms with E-state index in [1.807, 2.05) is 30.3 Å². The highest BCUT2D eigenvalue weighted by Crippen LogP contribution is 2.26. The molecule has 0 unspecified atom stereocenters. The normalized spacial score (nSPS) is 10.2. The summed E-state index contributed by atoms with van der Waals surface area (Å²) in [5, 5.41) is 18.6. The highest BCUT2D eigenvalue weighted by atomic mass is 16.3. The Labute approximate surface area is 87.7 Å². The summed E-state index contributed by atoms with van der Waals surface area (Å²) in [5.41, 5.74) is 1.89. The second kappa shape index (κ2) is 4.11. The third-order valence-corrected chi connectivity index (χ3v) is 2.14. The monoisotopic (exact) mass is 201 g/mol. The van der Waals surface area contributed by atoms with Gasteiger partial charge in [-0.2, -0.15) is 0 Å². The number of rotatable bonds is 2. The van der Waals surface area contributed by atoms with Crippen molar-refractivity contribution in [1.29, 1.82) is 0 Å². The lowest BCUT2D eigenvalue weighted by Gasteiger charge is -2.05. The van der Waals surface area contributed by atoms with E-state index in [2.05, 4.69) is 4.98 Å². The van der Waals surface area contributed by atoms with Crippen LogP contribution in [-0.2, 0) is 6.61 Å². The molecule has 0 amide bonds. The molecule has 2 rings (SSSR count). The van der Waals surface area contributed by atoms with Crippen molar-refractivity contribution in [3.05, 3.63) is 48.2 Å². The minimum absolute atomic E-state index is 0.124. The maximum atomic E-state index is 9.64. The Morgan fingerprint density at radius 2 is 1.73 bits per heavy atom. The van der Waals surface area contributed by atoms with Gasteiger partial charge in [-0.15, -0.1) is 0 Å². The number of benzene rings is 1. The zero-order valence-corrected chi connectivity index (χ0v) is 8.09. The van der Waals surface area contributed by atoms with Crippen LogP contribution in [0.3, 0.4) is 0 Å². The van der Waals surface area contributed by atoms with Crippen LogP contribution >= 0.6 is 0 Å². The van der Waals surface area contributed by atoms with Gasteiger partial charge in [-0.05, 0) is 12.1 Å². The molecule has 1 aromatic heterocycles. The van der Waals surface area contributed by atoms with Gasteiger partial charge in [0.15, 0.2) is 0 Å². The van der Waals surface area contributed by atoms with Gasteiger partial charge in [0.05, 0.1) is 12.3 Å². The fraction of sp³-hybridized carbons (Fsp3) is 0.0833. The summed E-state index contributed by atoms with van der Waals surface area (Å²) < 4.78 is 0. The van der Waals surface area contributed by atoms with Crippen molar-refractivity contribution in [3.63, 3.8) is 0 Å². The second-order valence-corrected chi connectivity index (χ2v) is 3.19. The van der Waals surface area contributed by atoms with Crippen molar-refractivity contribution in [2.75, 3.05) is 0 Å². The van der Waals surface area contributed by atoms with E-state index < -0.39 is 0 Å². The summed E-state index contributed by atoms with van der Waals surface area (Å²) in [7, 11) is 0. The summed E-state index contributed by atoms with van der Waals surface area (Å²) in [6.45, 7) is -0.125. The molecule has 0 atom stereocenters. The molecule has 0 saturated heterocycles. The number of hydrogen-bond donors (Lipinski definition) is 2. The predicted molar refractivity (Wildman–Crippen MR) is 57.3 cm³/mol. The third-order valence-electron chi connectivity index (χ3n) is 2.14. The fourth-order valence-electron chi connectivity index (χ4n) is 1.39. The molecule has 0 spiro atoms. The summed E-state index contributed by atoms with van der Waals surface area (Å²) in [6, 6.07) is 12.5. The minimum Gasteiger partial charge on any atom is -0.506 e. The zero-order valence-electron chi connectivity index (χ0n) is 8.09. The molecule has 1 heterocycles. The molecule has 0 radical (unpaired) electrons. The third kappa shape index (κ3) is 1.97. The summed E-state index contributed by atoms with van der Waals surface area (Å²) in [6.07, 6.45) is 0. The molecule has 0 saturated carbocycles.